The molecule has 0 saturated carbocycles. The van der Waals surface area contributed by atoms with Gasteiger partial charge in [0.15, 0.2) is 0 Å². The van der Waals surface area contributed by atoms with Crippen molar-refractivity contribution in [1.29, 1.82) is 0 Å². The average molecular weight is 311 g/mol. The summed E-state index contributed by atoms with van der Waals surface area (Å²) in [7, 11) is 0. The highest BCUT2D eigenvalue weighted by Crippen LogP contribution is 2.10. The second-order valence-corrected chi connectivity index (χ2v) is 6.05. The van der Waals surface area contributed by atoms with Crippen LogP contribution in [0.25, 0.3) is 0 Å². The van der Waals surface area contributed by atoms with Gasteiger partial charge in [-0.25, -0.2) is 4.79 Å². The Hall–Kier alpha value is -1.52. The molecule has 0 radical (unpaired) electrons. The molecule has 0 bridgehead atoms. The maximum Gasteiger partial charge on any atom is 0.407 e. The van der Waals surface area contributed by atoms with Crippen LogP contribution in [0.4, 0.5) is 4.79 Å². The van der Waals surface area contributed by atoms with Crippen molar-refractivity contribution in [1.82, 2.24) is 10.6 Å². The van der Waals surface area contributed by atoms with Gasteiger partial charge in [-0.2, -0.15) is 0 Å². The van der Waals surface area contributed by atoms with E-state index < -0.39 is 11.7 Å². The molecule has 0 aliphatic rings. The van der Waals surface area contributed by atoms with Gasteiger partial charge in [0.25, 0.3) is 0 Å². The fourth-order valence-corrected chi connectivity index (χ4v) is 1.78. The molecule has 4 nitrogen and oxygen atoms in total. The Morgan fingerprint density at radius 1 is 1.29 bits per heavy atom. The largest absolute Gasteiger partial charge is 0.444 e. The molecule has 0 atom stereocenters. The molecule has 1 rings (SSSR count). The number of ether oxygens (including phenoxy) is 1. The fraction of sp³-hybridized carbons (Fsp3) is 0.438. The molecule has 0 heterocycles. The Kier molecular flexibility index (Phi) is 7.26. The van der Waals surface area contributed by atoms with Gasteiger partial charge in [0.1, 0.15) is 5.60 Å². The van der Waals surface area contributed by atoms with Crippen molar-refractivity contribution in [2.45, 2.75) is 32.9 Å². The molecule has 0 aromatic heterocycles. The molecule has 1 aromatic rings. The Morgan fingerprint density at radius 2 is 2.00 bits per heavy atom. The van der Waals surface area contributed by atoms with E-state index in [1.54, 1.807) is 0 Å². The zero-order chi connectivity index (χ0) is 15.7. The maximum atomic E-state index is 11.4. The van der Waals surface area contributed by atoms with E-state index in [1.165, 1.54) is 0 Å². The predicted octanol–water partition coefficient (Wildman–Crippen LogP) is 3.51. The van der Waals surface area contributed by atoms with Gasteiger partial charge in [0.2, 0.25) is 0 Å². The minimum atomic E-state index is -0.466. The molecule has 1 amide bonds. The van der Waals surface area contributed by atoms with Gasteiger partial charge in [-0.05, 0) is 38.5 Å². The number of halogens is 1. The number of benzene rings is 1. The molecule has 0 aliphatic carbocycles. The molecular weight excluding hydrogens is 288 g/mol. The van der Waals surface area contributed by atoms with E-state index in [0.29, 0.717) is 6.54 Å². The van der Waals surface area contributed by atoms with E-state index >= 15 is 0 Å². The van der Waals surface area contributed by atoms with Gasteiger partial charge >= 0.3 is 6.09 Å². The first-order valence-electron chi connectivity index (χ1n) is 6.94. The Morgan fingerprint density at radius 3 is 2.67 bits per heavy atom. The van der Waals surface area contributed by atoms with E-state index in [9.17, 15) is 4.79 Å². The third-order valence-electron chi connectivity index (χ3n) is 2.41. The van der Waals surface area contributed by atoms with Crippen molar-refractivity contribution in [2.24, 2.45) is 0 Å². The first kappa shape index (κ1) is 17.5. The molecule has 0 aliphatic heterocycles. The molecule has 116 valence electrons. The molecular formula is C16H23ClN2O2. The predicted molar refractivity (Wildman–Crippen MR) is 86.5 cm³/mol. The van der Waals surface area contributed by atoms with Crippen LogP contribution in [-0.4, -0.2) is 24.8 Å². The molecule has 0 spiro atoms. The zero-order valence-electron chi connectivity index (χ0n) is 12.8. The number of rotatable bonds is 6. The monoisotopic (exact) mass is 310 g/mol. The molecule has 2 N–H and O–H groups in total. The first-order chi connectivity index (χ1) is 9.87. The van der Waals surface area contributed by atoms with E-state index in [1.807, 2.05) is 57.2 Å². The molecule has 1 aromatic carbocycles. The molecule has 21 heavy (non-hydrogen) atoms. The summed E-state index contributed by atoms with van der Waals surface area (Å²) >= 11 is 5.91. The number of carbonyl (C=O) groups is 1. The second kappa shape index (κ2) is 8.70. The van der Waals surface area contributed by atoms with Gasteiger partial charge in [-0.1, -0.05) is 35.9 Å². The number of nitrogens with one attached hydrogen (secondary N) is 2. The smallest absolute Gasteiger partial charge is 0.407 e. The van der Waals surface area contributed by atoms with Crippen LogP contribution < -0.4 is 10.6 Å². The minimum absolute atomic E-state index is 0.404. The highest BCUT2D eigenvalue weighted by molar-refractivity contribution is 6.30. The van der Waals surface area contributed by atoms with Crippen molar-refractivity contribution >= 4 is 17.7 Å². The van der Waals surface area contributed by atoms with Gasteiger partial charge < -0.3 is 15.4 Å². The topological polar surface area (TPSA) is 50.4 Å². The number of hydrogen-bond donors (Lipinski definition) is 2. The lowest BCUT2D eigenvalue weighted by Crippen LogP contribution is -2.32. The highest BCUT2D eigenvalue weighted by atomic mass is 35.5. The SMILES string of the molecule is CC(C)(C)OC(=O)NC/C=C/CNCc1cccc(Cl)c1. The number of carbonyl (C=O) groups excluding carboxylic acids is 1. The number of amides is 1. The van der Waals surface area contributed by atoms with Crippen LogP contribution in [0.5, 0.6) is 0 Å². The van der Waals surface area contributed by atoms with Crippen molar-refractivity contribution in [3.63, 3.8) is 0 Å². The summed E-state index contributed by atoms with van der Waals surface area (Å²) < 4.78 is 5.12. The summed E-state index contributed by atoms with van der Waals surface area (Å²) in [6.45, 7) is 7.44. The fourth-order valence-electron chi connectivity index (χ4n) is 1.57. The number of hydrogen-bond acceptors (Lipinski definition) is 3. The van der Waals surface area contributed by atoms with E-state index in [0.717, 1.165) is 23.7 Å². The minimum Gasteiger partial charge on any atom is -0.444 e. The van der Waals surface area contributed by atoms with E-state index in [-0.39, 0.29) is 0 Å². The summed E-state index contributed by atoms with van der Waals surface area (Å²) in [6.07, 6.45) is 3.44. The summed E-state index contributed by atoms with van der Waals surface area (Å²) in [5, 5.41) is 6.67. The Bertz CT molecular complexity index is 481. The van der Waals surface area contributed by atoms with Crippen LogP contribution in [0.3, 0.4) is 0 Å². The van der Waals surface area contributed by atoms with Gasteiger partial charge in [0.05, 0.1) is 0 Å². The normalized spacial score (nSPS) is 11.6. The third-order valence-corrected chi connectivity index (χ3v) is 2.65. The van der Waals surface area contributed by atoms with Gasteiger partial charge in [-0.3, -0.25) is 0 Å². The Balaban J connectivity index is 2.12. The molecule has 0 unspecified atom stereocenters. The van der Waals surface area contributed by atoms with Crippen molar-refractivity contribution in [2.75, 3.05) is 13.1 Å². The van der Waals surface area contributed by atoms with Crippen molar-refractivity contribution in [3.05, 3.63) is 47.0 Å². The van der Waals surface area contributed by atoms with Crippen molar-refractivity contribution < 1.29 is 9.53 Å². The lowest BCUT2D eigenvalue weighted by Gasteiger charge is -2.19. The standard InChI is InChI=1S/C16H23ClN2O2/c1-16(2,3)21-15(20)19-10-5-4-9-18-12-13-7-6-8-14(17)11-13/h4-8,11,18H,9-10,12H2,1-3H3,(H,19,20)/b5-4+. The summed E-state index contributed by atoms with van der Waals surface area (Å²) in [6, 6.07) is 7.74. The van der Waals surface area contributed by atoms with Crippen LogP contribution in [0.1, 0.15) is 26.3 Å². The second-order valence-electron chi connectivity index (χ2n) is 5.62. The third kappa shape index (κ3) is 9.10. The first-order valence-corrected chi connectivity index (χ1v) is 7.31. The van der Waals surface area contributed by atoms with Crippen LogP contribution in [0, 0.1) is 0 Å². The molecule has 0 saturated heterocycles. The average Bonchev–Trinajstić information content (AvgIpc) is 2.35. The van der Waals surface area contributed by atoms with Crippen LogP contribution >= 0.6 is 11.6 Å². The Labute approximate surface area is 131 Å². The highest BCUT2D eigenvalue weighted by Gasteiger charge is 2.14. The number of alkyl carbamates (subject to hydrolysis) is 1. The van der Waals surface area contributed by atoms with Gasteiger partial charge in [0, 0.05) is 24.7 Å². The molecule has 5 heteroatoms. The quantitative estimate of drug-likeness (QED) is 0.624. The van der Waals surface area contributed by atoms with Crippen LogP contribution in [-0.2, 0) is 11.3 Å². The van der Waals surface area contributed by atoms with Crippen LogP contribution in [0.2, 0.25) is 5.02 Å². The molecule has 0 fully saturated rings. The van der Waals surface area contributed by atoms with Crippen molar-refractivity contribution in [3.8, 4) is 0 Å². The van der Waals surface area contributed by atoms with E-state index in [4.69, 9.17) is 16.3 Å². The summed E-state index contributed by atoms with van der Waals surface area (Å²) in [4.78, 5) is 11.4. The van der Waals surface area contributed by atoms with E-state index in [2.05, 4.69) is 10.6 Å². The maximum absolute atomic E-state index is 11.4. The summed E-state index contributed by atoms with van der Waals surface area (Å²) in [5.41, 5.74) is 0.676. The zero-order valence-corrected chi connectivity index (χ0v) is 13.5. The lowest BCUT2D eigenvalue weighted by atomic mass is 10.2. The van der Waals surface area contributed by atoms with Gasteiger partial charge in [-0.15, -0.1) is 0 Å². The lowest BCUT2D eigenvalue weighted by molar-refractivity contribution is 0.0534. The van der Waals surface area contributed by atoms with Crippen LogP contribution in [0.15, 0.2) is 36.4 Å². The summed E-state index contributed by atoms with van der Waals surface area (Å²) in [5.74, 6) is 0.